The van der Waals surface area contributed by atoms with Crippen molar-refractivity contribution in [1.29, 1.82) is 5.26 Å². The van der Waals surface area contributed by atoms with Gasteiger partial charge in [-0.25, -0.2) is 9.97 Å². The molecule has 0 saturated heterocycles. The van der Waals surface area contributed by atoms with Crippen LogP contribution in [0.15, 0.2) is 30.6 Å². The number of halogens is 1. The van der Waals surface area contributed by atoms with Crippen LogP contribution in [-0.2, 0) is 0 Å². The Bertz CT molecular complexity index is 754. The van der Waals surface area contributed by atoms with Crippen LogP contribution in [-0.4, -0.2) is 20.8 Å². The lowest BCUT2D eigenvalue weighted by atomic mass is 10.2. The SMILES string of the molecule is N#Cc1ccc(NC(=O)c2ccnc(Cl)c2[N+](=O)[O-])nc1. The quantitative estimate of drug-likeness (QED) is 0.526. The van der Waals surface area contributed by atoms with Crippen molar-refractivity contribution < 1.29 is 9.72 Å². The summed E-state index contributed by atoms with van der Waals surface area (Å²) in [6, 6.07) is 5.93. The summed E-state index contributed by atoms with van der Waals surface area (Å²) in [5.74, 6) is -0.593. The first-order valence-corrected chi connectivity index (χ1v) is 5.87. The number of anilines is 1. The van der Waals surface area contributed by atoms with Gasteiger partial charge in [0.25, 0.3) is 5.91 Å². The Labute approximate surface area is 123 Å². The average molecular weight is 304 g/mol. The van der Waals surface area contributed by atoms with E-state index in [0.717, 1.165) is 0 Å². The normalized spacial score (nSPS) is 9.71. The van der Waals surface area contributed by atoms with E-state index >= 15 is 0 Å². The molecule has 2 aromatic heterocycles. The maximum atomic E-state index is 12.0. The molecule has 1 N–H and O–H groups in total. The van der Waals surface area contributed by atoms with Gasteiger partial charge in [0.05, 0.1) is 10.5 Å². The lowest BCUT2D eigenvalue weighted by Crippen LogP contribution is -2.15. The Kier molecular flexibility index (Phi) is 4.06. The Morgan fingerprint density at radius 1 is 1.38 bits per heavy atom. The molecule has 0 aliphatic carbocycles. The summed E-state index contributed by atoms with van der Waals surface area (Å²) in [4.78, 5) is 29.6. The lowest BCUT2D eigenvalue weighted by molar-refractivity contribution is -0.385. The summed E-state index contributed by atoms with van der Waals surface area (Å²) >= 11 is 5.63. The highest BCUT2D eigenvalue weighted by molar-refractivity contribution is 6.32. The summed E-state index contributed by atoms with van der Waals surface area (Å²) in [5, 5.41) is 21.6. The van der Waals surface area contributed by atoms with E-state index in [4.69, 9.17) is 16.9 Å². The van der Waals surface area contributed by atoms with Gasteiger partial charge in [0.2, 0.25) is 5.15 Å². The molecule has 2 aromatic rings. The van der Waals surface area contributed by atoms with Gasteiger partial charge >= 0.3 is 5.69 Å². The molecule has 1 amide bonds. The van der Waals surface area contributed by atoms with E-state index < -0.39 is 16.5 Å². The van der Waals surface area contributed by atoms with Crippen molar-refractivity contribution in [2.24, 2.45) is 0 Å². The first kappa shape index (κ1) is 14.4. The largest absolute Gasteiger partial charge is 0.319 e. The number of nitriles is 1. The van der Waals surface area contributed by atoms with Crippen LogP contribution in [0.2, 0.25) is 5.15 Å². The van der Waals surface area contributed by atoms with Gasteiger partial charge in [-0.2, -0.15) is 5.26 Å². The fourth-order valence-electron chi connectivity index (χ4n) is 1.50. The Balaban J connectivity index is 2.30. The second kappa shape index (κ2) is 5.94. The topological polar surface area (TPSA) is 122 Å². The number of aromatic nitrogens is 2. The molecule has 0 spiro atoms. The summed E-state index contributed by atoms with van der Waals surface area (Å²) < 4.78 is 0. The van der Waals surface area contributed by atoms with E-state index in [1.807, 2.05) is 6.07 Å². The molecule has 0 bridgehead atoms. The van der Waals surface area contributed by atoms with Crippen LogP contribution in [0.4, 0.5) is 11.5 Å². The summed E-state index contributed by atoms with van der Waals surface area (Å²) in [7, 11) is 0. The third kappa shape index (κ3) is 3.10. The molecule has 2 heterocycles. The van der Waals surface area contributed by atoms with Crippen LogP contribution in [0.1, 0.15) is 15.9 Å². The molecule has 0 atom stereocenters. The molecule has 0 unspecified atom stereocenters. The average Bonchev–Trinajstić information content (AvgIpc) is 2.47. The molecule has 104 valence electrons. The van der Waals surface area contributed by atoms with Crippen molar-refractivity contribution in [3.8, 4) is 6.07 Å². The standard InChI is InChI=1S/C12H6ClN5O3/c13-11-10(18(20)21)8(3-4-15-11)12(19)17-9-2-1-7(5-14)6-16-9/h1-4,6H,(H,16,17,19). The van der Waals surface area contributed by atoms with Gasteiger partial charge in [-0.15, -0.1) is 0 Å². The van der Waals surface area contributed by atoms with Gasteiger partial charge < -0.3 is 5.32 Å². The molecule has 0 aliphatic rings. The second-order valence-electron chi connectivity index (χ2n) is 3.75. The summed E-state index contributed by atoms with van der Waals surface area (Å²) in [6.07, 6.45) is 2.46. The molecule has 2 rings (SSSR count). The first-order valence-electron chi connectivity index (χ1n) is 5.49. The van der Waals surface area contributed by atoms with Crippen LogP contribution in [0.5, 0.6) is 0 Å². The van der Waals surface area contributed by atoms with Crippen molar-refractivity contribution >= 4 is 29.0 Å². The van der Waals surface area contributed by atoms with E-state index in [9.17, 15) is 14.9 Å². The predicted octanol–water partition coefficient (Wildman–Crippen LogP) is 2.16. The molecular weight excluding hydrogens is 298 g/mol. The zero-order valence-corrected chi connectivity index (χ0v) is 11.0. The smallest absolute Gasteiger partial charge is 0.306 e. The Hall–Kier alpha value is -3.05. The minimum absolute atomic E-state index is 0.154. The second-order valence-corrected chi connectivity index (χ2v) is 4.11. The van der Waals surface area contributed by atoms with Crippen molar-refractivity contribution in [2.45, 2.75) is 0 Å². The van der Waals surface area contributed by atoms with E-state index in [1.54, 1.807) is 0 Å². The fraction of sp³-hybridized carbons (Fsp3) is 0. The van der Waals surface area contributed by atoms with E-state index in [0.29, 0.717) is 5.56 Å². The van der Waals surface area contributed by atoms with Gasteiger partial charge in [0, 0.05) is 12.4 Å². The monoisotopic (exact) mass is 303 g/mol. The Morgan fingerprint density at radius 2 is 2.14 bits per heavy atom. The molecule has 0 fully saturated rings. The highest BCUT2D eigenvalue weighted by Gasteiger charge is 2.24. The van der Waals surface area contributed by atoms with Crippen LogP contribution >= 0.6 is 11.6 Å². The van der Waals surface area contributed by atoms with Crippen LogP contribution in [0.3, 0.4) is 0 Å². The minimum atomic E-state index is -0.781. The van der Waals surface area contributed by atoms with Crippen LogP contribution in [0.25, 0.3) is 0 Å². The first-order chi connectivity index (χ1) is 10.0. The highest BCUT2D eigenvalue weighted by Crippen LogP contribution is 2.26. The van der Waals surface area contributed by atoms with Gasteiger partial charge in [0.15, 0.2) is 0 Å². The number of rotatable bonds is 3. The number of nitrogens with one attached hydrogen (secondary N) is 1. The molecule has 0 saturated carbocycles. The number of nitro groups is 1. The third-order valence-corrected chi connectivity index (χ3v) is 2.72. The van der Waals surface area contributed by atoms with Crippen molar-refractivity contribution in [2.75, 3.05) is 5.32 Å². The lowest BCUT2D eigenvalue weighted by Gasteiger charge is -2.05. The van der Waals surface area contributed by atoms with Gasteiger partial charge in [0.1, 0.15) is 17.5 Å². The molecule has 8 nitrogen and oxygen atoms in total. The van der Waals surface area contributed by atoms with Gasteiger partial charge in [-0.1, -0.05) is 11.6 Å². The number of hydrogen-bond donors (Lipinski definition) is 1. The molecule has 0 aromatic carbocycles. The van der Waals surface area contributed by atoms with Crippen LogP contribution in [0, 0.1) is 21.4 Å². The zero-order valence-electron chi connectivity index (χ0n) is 10.3. The zero-order chi connectivity index (χ0) is 15.4. The highest BCUT2D eigenvalue weighted by atomic mass is 35.5. The molecule has 0 radical (unpaired) electrons. The summed E-state index contributed by atoms with van der Waals surface area (Å²) in [6.45, 7) is 0. The molecule has 21 heavy (non-hydrogen) atoms. The maximum absolute atomic E-state index is 12.0. The summed E-state index contributed by atoms with van der Waals surface area (Å²) in [5.41, 5.74) is -0.484. The molecular formula is C12H6ClN5O3. The Morgan fingerprint density at radius 3 is 2.71 bits per heavy atom. The number of carbonyl (C=O) groups is 1. The number of nitrogens with zero attached hydrogens (tertiary/aromatic N) is 4. The fourth-order valence-corrected chi connectivity index (χ4v) is 1.73. The number of amides is 1. The van der Waals surface area contributed by atoms with E-state index in [-0.39, 0.29) is 16.5 Å². The van der Waals surface area contributed by atoms with Crippen LogP contribution < -0.4 is 5.32 Å². The number of hydrogen-bond acceptors (Lipinski definition) is 6. The third-order valence-electron chi connectivity index (χ3n) is 2.44. The van der Waals surface area contributed by atoms with Gasteiger partial charge in [-0.3, -0.25) is 14.9 Å². The number of carbonyl (C=O) groups excluding carboxylic acids is 1. The number of pyridine rings is 2. The van der Waals surface area contributed by atoms with Gasteiger partial charge in [-0.05, 0) is 18.2 Å². The van der Waals surface area contributed by atoms with Crippen molar-refractivity contribution in [3.63, 3.8) is 0 Å². The molecule has 9 heteroatoms. The van der Waals surface area contributed by atoms with Crippen molar-refractivity contribution in [1.82, 2.24) is 9.97 Å². The van der Waals surface area contributed by atoms with Crippen molar-refractivity contribution in [3.05, 3.63) is 57.0 Å². The van der Waals surface area contributed by atoms with E-state index in [2.05, 4.69) is 15.3 Å². The minimum Gasteiger partial charge on any atom is -0.306 e. The predicted molar refractivity (Wildman–Crippen MR) is 72.8 cm³/mol. The van der Waals surface area contributed by atoms with E-state index in [1.165, 1.54) is 30.6 Å². The molecule has 0 aliphatic heterocycles. The maximum Gasteiger partial charge on any atom is 0.319 e.